The number of pyridine rings is 1. The van der Waals surface area contributed by atoms with E-state index in [1.807, 2.05) is 58.9 Å². The van der Waals surface area contributed by atoms with Gasteiger partial charge in [0.05, 0.1) is 0 Å². The van der Waals surface area contributed by atoms with E-state index in [2.05, 4.69) is 5.32 Å². The first-order valence-corrected chi connectivity index (χ1v) is 9.82. The normalized spacial score (nSPS) is 16.4. The Bertz CT molecular complexity index is 984. The van der Waals surface area contributed by atoms with E-state index < -0.39 is 5.91 Å². The van der Waals surface area contributed by atoms with Crippen molar-refractivity contribution >= 4 is 11.7 Å². The summed E-state index contributed by atoms with van der Waals surface area (Å²) in [6.07, 6.45) is 3.30. The Morgan fingerprint density at radius 2 is 1.82 bits per heavy atom. The molecule has 0 fully saturated rings. The van der Waals surface area contributed by atoms with Crippen molar-refractivity contribution in [2.75, 3.05) is 0 Å². The highest BCUT2D eigenvalue weighted by Gasteiger charge is 2.36. The molecular formula is C23H28N2O3. The van der Waals surface area contributed by atoms with Crippen LogP contribution in [0.4, 0.5) is 0 Å². The minimum absolute atomic E-state index is 0.0234. The molecule has 148 valence electrons. The summed E-state index contributed by atoms with van der Waals surface area (Å²) in [4.78, 5) is 39.2. The zero-order chi connectivity index (χ0) is 20.6. The molecule has 0 spiro atoms. The van der Waals surface area contributed by atoms with Gasteiger partial charge in [-0.1, -0.05) is 38.5 Å². The molecule has 2 aromatic rings. The van der Waals surface area contributed by atoms with Crippen LogP contribution in [0.25, 0.3) is 5.69 Å². The van der Waals surface area contributed by atoms with E-state index in [-0.39, 0.29) is 28.4 Å². The number of amides is 1. The largest absolute Gasteiger partial charge is 0.349 e. The first kappa shape index (κ1) is 20.1. The third-order valence-corrected chi connectivity index (χ3v) is 5.44. The van der Waals surface area contributed by atoms with E-state index in [9.17, 15) is 14.4 Å². The second-order valence-corrected chi connectivity index (χ2v) is 8.63. The van der Waals surface area contributed by atoms with Crippen molar-refractivity contribution in [1.82, 2.24) is 9.88 Å². The summed E-state index contributed by atoms with van der Waals surface area (Å²) in [5, 5.41) is 2.90. The molecule has 1 N–H and O–H groups in total. The molecule has 1 heterocycles. The molecule has 0 saturated carbocycles. The fourth-order valence-corrected chi connectivity index (χ4v) is 3.67. The van der Waals surface area contributed by atoms with Crippen LogP contribution in [-0.2, 0) is 6.42 Å². The lowest BCUT2D eigenvalue weighted by atomic mass is 9.73. The third kappa shape index (κ3) is 3.79. The average Bonchev–Trinajstić information content (AvgIpc) is 2.61. The number of carbonyl (C=O) groups is 2. The zero-order valence-electron chi connectivity index (χ0n) is 17.3. The fourth-order valence-electron chi connectivity index (χ4n) is 3.67. The number of fused-ring (bicyclic) bond motifs is 1. The van der Waals surface area contributed by atoms with Gasteiger partial charge in [-0.15, -0.1) is 0 Å². The van der Waals surface area contributed by atoms with E-state index in [4.69, 9.17) is 0 Å². The van der Waals surface area contributed by atoms with Crippen LogP contribution in [0.5, 0.6) is 0 Å². The summed E-state index contributed by atoms with van der Waals surface area (Å²) in [6.45, 7) is 9.84. The number of carbonyl (C=O) groups excluding carboxylic acids is 2. The molecule has 1 aliphatic rings. The van der Waals surface area contributed by atoms with Gasteiger partial charge < -0.3 is 5.32 Å². The van der Waals surface area contributed by atoms with Crippen molar-refractivity contribution in [1.29, 1.82) is 0 Å². The number of aromatic nitrogens is 1. The molecule has 5 heteroatoms. The van der Waals surface area contributed by atoms with Gasteiger partial charge in [-0.05, 0) is 49.8 Å². The number of Topliss-reactive ketones (excluding diaryl/α,β-unsaturated/α-hetero) is 1. The van der Waals surface area contributed by atoms with E-state index >= 15 is 0 Å². The predicted octanol–water partition coefficient (Wildman–Crippen LogP) is 3.83. The number of hydrogen-bond acceptors (Lipinski definition) is 3. The van der Waals surface area contributed by atoms with Crippen molar-refractivity contribution in [3.05, 3.63) is 63.1 Å². The maximum absolute atomic E-state index is 13.3. The number of nitrogens with zero attached hydrogens (tertiary/aromatic N) is 1. The molecule has 1 aliphatic carbocycles. The molecule has 1 amide bonds. The maximum Gasteiger partial charge on any atom is 0.268 e. The molecular weight excluding hydrogens is 352 g/mol. The standard InChI is InChI=1S/C23H28N2O3/c1-6-15(3)24-21(27)20-17-11-23(4,5)12-19(26)18(17)13-25(22(20)28)16-9-7-14(2)8-10-16/h7-10,13,15H,6,11-12H2,1-5H3,(H,24,27). The van der Waals surface area contributed by atoms with Crippen molar-refractivity contribution in [2.24, 2.45) is 5.41 Å². The monoisotopic (exact) mass is 380 g/mol. The number of ketones is 1. The van der Waals surface area contributed by atoms with E-state index in [1.165, 1.54) is 4.57 Å². The molecule has 5 nitrogen and oxygen atoms in total. The minimum atomic E-state index is -0.400. The van der Waals surface area contributed by atoms with E-state index in [0.717, 1.165) is 12.0 Å². The first-order chi connectivity index (χ1) is 13.1. The maximum atomic E-state index is 13.3. The van der Waals surface area contributed by atoms with Gasteiger partial charge in [0.25, 0.3) is 11.5 Å². The van der Waals surface area contributed by atoms with Crippen molar-refractivity contribution in [3.63, 3.8) is 0 Å². The number of rotatable bonds is 4. The Morgan fingerprint density at radius 1 is 1.18 bits per heavy atom. The quantitative estimate of drug-likeness (QED) is 0.876. The highest BCUT2D eigenvalue weighted by molar-refractivity contribution is 6.04. The van der Waals surface area contributed by atoms with Crippen LogP contribution in [-0.4, -0.2) is 22.3 Å². The number of nitrogens with one attached hydrogen (secondary N) is 1. The summed E-state index contributed by atoms with van der Waals surface area (Å²) in [5.41, 5.74) is 2.21. The SMILES string of the molecule is CCC(C)NC(=O)c1c2c(cn(-c3ccc(C)cc3)c1=O)C(=O)CC(C)(C)C2. The van der Waals surface area contributed by atoms with Crippen LogP contribution in [0.15, 0.2) is 35.3 Å². The van der Waals surface area contributed by atoms with Gasteiger partial charge in [-0.3, -0.25) is 19.0 Å². The van der Waals surface area contributed by atoms with Gasteiger partial charge in [-0.25, -0.2) is 0 Å². The Kier molecular flexibility index (Phi) is 5.28. The van der Waals surface area contributed by atoms with E-state index in [0.29, 0.717) is 29.7 Å². The van der Waals surface area contributed by atoms with Crippen LogP contribution in [0.2, 0.25) is 0 Å². The molecule has 28 heavy (non-hydrogen) atoms. The lowest BCUT2D eigenvalue weighted by molar-refractivity contribution is 0.0908. The fraction of sp³-hybridized carbons (Fsp3) is 0.435. The van der Waals surface area contributed by atoms with Crippen molar-refractivity contribution < 1.29 is 9.59 Å². The molecule has 1 unspecified atom stereocenters. The summed E-state index contributed by atoms with van der Waals surface area (Å²) in [7, 11) is 0. The minimum Gasteiger partial charge on any atom is -0.349 e. The third-order valence-electron chi connectivity index (χ3n) is 5.44. The Hall–Kier alpha value is -2.69. The molecule has 0 aliphatic heterocycles. The lowest BCUT2D eigenvalue weighted by Gasteiger charge is -2.31. The van der Waals surface area contributed by atoms with Gasteiger partial charge in [0.15, 0.2) is 5.78 Å². The van der Waals surface area contributed by atoms with E-state index in [1.54, 1.807) is 6.20 Å². The van der Waals surface area contributed by atoms with Gasteiger partial charge in [-0.2, -0.15) is 0 Å². The molecule has 0 bridgehead atoms. The Morgan fingerprint density at radius 3 is 2.43 bits per heavy atom. The molecule has 1 aromatic heterocycles. The predicted molar refractivity (Wildman–Crippen MR) is 110 cm³/mol. The van der Waals surface area contributed by atoms with Crippen LogP contribution >= 0.6 is 0 Å². The van der Waals surface area contributed by atoms with Crippen LogP contribution in [0, 0.1) is 12.3 Å². The molecule has 1 aromatic carbocycles. The highest BCUT2D eigenvalue weighted by atomic mass is 16.2. The second-order valence-electron chi connectivity index (χ2n) is 8.63. The van der Waals surface area contributed by atoms with Gasteiger partial charge in [0, 0.05) is 29.9 Å². The summed E-state index contributed by atoms with van der Waals surface area (Å²) >= 11 is 0. The molecule has 3 rings (SSSR count). The smallest absolute Gasteiger partial charge is 0.268 e. The van der Waals surface area contributed by atoms with Crippen molar-refractivity contribution in [2.45, 2.75) is 59.9 Å². The number of benzene rings is 1. The first-order valence-electron chi connectivity index (χ1n) is 9.82. The highest BCUT2D eigenvalue weighted by Crippen LogP contribution is 2.35. The topological polar surface area (TPSA) is 68.2 Å². The van der Waals surface area contributed by atoms with Gasteiger partial charge >= 0.3 is 0 Å². The zero-order valence-corrected chi connectivity index (χ0v) is 17.3. The molecule has 1 atom stereocenters. The lowest BCUT2D eigenvalue weighted by Crippen LogP contribution is -2.41. The van der Waals surface area contributed by atoms with Crippen molar-refractivity contribution in [3.8, 4) is 5.69 Å². The summed E-state index contributed by atoms with van der Waals surface area (Å²) in [6, 6.07) is 7.42. The van der Waals surface area contributed by atoms with Crippen LogP contribution in [0.3, 0.4) is 0 Å². The Balaban J connectivity index is 2.25. The molecule has 0 saturated heterocycles. The average molecular weight is 380 g/mol. The summed E-state index contributed by atoms with van der Waals surface area (Å²) in [5.74, 6) is -0.424. The summed E-state index contributed by atoms with van der Waals surface area (Å²) < 4.78 is 1.43. The number of hydrogen-bond donors (Lipinski definition) is 1. The molecule has 0 radical (unpaired) electrons. The van der Waals surface area contributed by atoms with Crippen LogP contribution < -0.4 is 10.9 Å². The van der Waals surface area contributed by atoms with Gasteiger partial charge in [0.2, 0.25) is 0 Å². The number of aryl methyl sites for hydroxylation is 1. The second kappa shape index (κ2) is 7.38. The van der Waals surface area contributed by atoms with Gasteiger partial charge in [0.1, 0.15) is 5.56 Å². The Labute approximate surface area is 165 Å². The van der Waals surface area contributed by atoms with Crippen LogP contribution in [0.1, 0.15) is 72.4 Å².